The Kier molecular flexibility index (Phi) is 4.24. The highest BCUT2D eigenvalue weighted by atomic mass is 32.2. The highest BCUT2D eigenvalue weighted by molar-refractivity contribution is 7.90. The van der Waals surface area contributed by atoms with Crippen LogP contribution in [0.2, 0.25) is 0 Å². The number of hydrogen-bond acceptors (Lipinski definition) is 7. The molecule has 0 amide bonds. The van der Waals surface area contributed by atoms with Crippen LogP contribution >= 0.6 is 11.3 Å². The Labute approximate surface area is 125 Å². The maximum atomic E-state index is 11.7. The maximum absolute atomic E-state index is 11.7. The van der Waals surface area contributed by atoms with E-state index >= 15 is 0 Å². The molecule has 7 nitrogen and oxygen atoms in total. The Morgan fingerprint density at radius 3 is 2.67 bits per heavy atom. The van der Waals surface area contributed by atoms with Gasteiger partial charge in [0.05, 0.1) is 11.0 Å². The molecule has 21 heavy (non-hydrogen) atoms. The van der Waals surface area contributed by atoms with E-state index < -0.39 is 20.4 Å². The third kappa shape index (κ3) is 3.37. The number of rotatable bonds is 5. The Hall–Kier alpha value is -2.00. The van der Waals surface area contributed by atoms with Crippen molar-refractivity contribution in [3.8, 4) is 0 Å². The van der Waals surface area contributed by atoms with Crippen molar-refractivity contribution >= 4 is 32.5 Å². The van der Waals surface area contributed by atoms with Crippen molar-refractivity contribution in [3.63, 3.8) is 0 Å². The lowest BCUT2D eigenvalue weighted by molar-refractivity contribution is -0.386. The van der Waals surface area contributed by atoms with Gasteiger partial charge in [0.1, 0.15) is 15.6 Å². The summed E-state index contributed by atoms with van der Waals surface area (Å²) in [4.78, 5) is 14.4. The first-order chi connectivity index (χ1) is 9.80. The van der Waals surface area contributed by atoms with Gasteiger partial charge in [-0.25, -0.2) is 13.4 Å². The standard InChI is InChI=1S/C12H13N3O4S2/c1-8(12-13-6-7-20-12)14-9-4-3-5-10(21(2,18)19)11(9)15(16)17/h3-8,14H,1-2H3. The van der Waals surface area contributed by atoms with Gasteiger partial charge in [-0.15, -0.1) is 11.3 Å². The van der Waals surface area contributed by atoms with Gasteiger partial charge < -0.3 is 5.32 Å². The molecule has 0 fully saturated rings. The molecule has 2 rings (SSSR count). The Bertz CT molecular complexity index is 757. The van der Waals surface area contributed by atoms with Gasteiger partial charge in [0.15, 0.2) is 9.84 Å². The molecule has 0 aliphatic carbocycles. The minimum atomic E-state index is -3.69. The van der Waals surface area contributed by atoms with Crippen molar-refractivity contribution in [2.24, 2.45) is 0 Å². The number of para-hydroxylation sites is 1. The van der Waals surface area contributed by atoms with Gasteiger partial charge in [-0.3, -0.25) is 10.1 Å². The SMILES string of the molecule is CC(Nc1cccc(S(C)(=O)=O)c1[N+](=O)[O-])c1nccs1. The van der Waals surface area contributed by atoms with Crippen molar-refractivity contribution in [3.05, 3.63) is 44.9 Å². The molecule has 1 aromatic heterocycles. The van der Waals surface area contributed by atoms with Gasteiger partial charge in [-0.2, -0.15) is 0 Å². The molecule has 9 heteroatoms. The lowest BCUT2D eigenvalue weighted by Gasteiger charge is -2.14. The molecule has 1 heterocycles. The first-order valence-electron chi connectivity index (χ1n) is 5.94. The summed E-state index contributed by atoms with van der Waals surface area (Å²) in [6.45, 7) is 1.80. The van der Waals surface area contributed by atoms with Crippen molar-refractivity contribution in [2.45, 2.75) is 17.9 Å². The van der Waals surface area contributed by atoms with Crippen LogP contribution in [0.15, 0.2) is 34.7 Å². The maximum Gasteiger partial charge on any atom is 0.310 e. The Morgan fingerprint density at radius 1 is 1.43 bits per heavy atom. The first kappa shape index (κ1) is 15.4. The fraction of sp³-hybridized carbons (Fsp3) is 0.250. The van der Waals surface area contributed by atoms with Crippen LogP contribution in [-0.2, 0) is 9.84 Å². The summed E-state index contributed by atoms with van der Waals surface area (Å²) < 4.78 is 23.4. The number of aromatic nitrogens is 1. The number of nitro benzene ring substituents is 1. The Balaban J connectivity index is 2.47. The van der Waals surface area contributed by atoms with Crippen molar-refractivity contribution in [1.82, 2.24) is 4.98 Å². The average Bonchev–Trinajstić information content (AvgIpc) is 2.91. The molecule has 1 aromatic carbocycles. The first-order valence-corrected chi connectivity index (χ1v) is 8.71. The average molecular weight is 327 g/mol. The third-order valence-electron chi connectivity index (χ3n) is 2.77. The van der Waals surface area contributed by atoms with Crippen LogP contribution in [0.4, 0.5) is 11.4 Å². The summed E-state index contributed by atoms with van der Waals surface area (Å²) >= 11 is 1.41. The van der Waals surface area contributed by atoms with E-state index in [-0.39, 0.29) is 16.6 Å². The molecular weight excluding hydrogens is 314 g/mol. The van der Waals surface area contributed by atoms with Crippen LogP contribution in [0.5, 0.6) is 0 Å². The monoisotopic (exact) mass is 327 g/mol. The van der Waals surface area contributed by atoms with Crippen LogP contribution in [0.1, 0.15) is 18.0 Å². The largest absolute Gasteiger partial charge is 0.370 e. The summed E-state index contributed by atoms with van der Waals surface area (Å²) in [6, 6.07) is 3.92. The molecule has 0 bridgehead atoms. The molecule has 112 valence electrons. The predicted molar refractivity (Wildman–Crippen MR) is 80.4 cm³/mol. The van der Waals surface area contributed by atoms with Gasteiger partial charge in [0.25, 0.3) is 0 Å². The fourth-order valence-corrected chi connectivity index (χ4v) is 3.38. The van der Waals surface area contributed by atoms with E-state index in [9.17, 15) is 18.5 Å². The molecular formula is C12H13N3O4S2. The van der Waals surface area contributed by atoms with Gasteiger partial charge in [0.2, 0.25) is 0 Å². The van der Waals surface area contributed by atoms with E-state index in [0.29, 0.717) is 0 Å². The van der Waals surface area contributed by atoms with E-state index in [2.05, 4.69) is 10.3 Å². The van der Waals surface area contributed by atoms with Crippen LogP contribution < -0.4 is 5.32 Å². The second-order valence-electron chi connectivity index (χ2n) is 4.42. The third-order valence-corrected chi connectivity index (χ3v) is 4.86. The molecule has 0 spiro atoms. The quantitative estimate of drug-likeness (QED) is 0.669. The van der Waals surface area contributed by atoms with Crippen molar-refractivity contribution < 1.29 is 13.3 Å². The number of thiazole rings is 1. The highest BCUT2D eigenvalue weighted by Crippen LogP contribution is 2.34. The van der Waals surface area contributed by atoms with Crippen LogP contribution in [0, 0.1) is 10.1 Å². The summed E-state index contributed by atoms with van der Waals surface area (Å²) in [5.41, 5.74) is -0.283. The lowest BCUT2D eigenvalue weighted by Crippen LogP contribution is -2.10. The summed E-state index contributed by atoms with van der Waals surface area (Å²) in [6.07, 6.45) is 2.59. The Morgan fingerprint density at radius 2 is 2.14 bits per heavy atom. The van der Waals surface area contributed by atoms with Crippen LogP contribution in [0.25, 0.3) is 0 Å². The minimum absolute atomic E-state index is 0.158. The number of nitrogens with one attached hydrogen (secondary N) is 1. The highest BCUT2D eigenvalue weighted by Gasteiger charge is 2.27. The summed E-state index contributed by atoms with van der Waals surface area (Å²) in [5.74, 6) is 0. The van der Waals surface area contributed by atoms with Gasteiger partial charge in [0, 0.05) is 17.8 Å². The number of anilines is 1. The zero-order chi connectivity index (χ0) is 15.6. The molecule has 1 atom stereocenters. The van der Waals surface area contributed by atoms with Crippen molar-refractivity contribution in [2.75, 3.05) is 11.6 Å². The van der Waals surface area contributed by atoms with E-state index in [4.69, 9.17) is 0 Å². The number of benzene rings is 1. The van der Waals surface area contributed by atoms with E-state index in [1.165, 1.54) is 29.5 Å². The van der Waals surface area contributed by atoms with Crippen molar-refractivity contribution in [1.29, 1.82) is 0 Å². The number of nitro groups is 1. The van der Waals surface area contributed by atoms with Gasteiger partial charge in [-0.05, 0) is 19.1 Å². The smallest absolute Gasteiger partial charge is 0.310 e. The van der Waals surface area contributed by atoms with Crippen LogP contribution in [-0.4, -0.2) is 24.6 Å². The molecule has 0 saturated carbocycles. The van der Waals surface area contributed by atoms with Gasteiger partial charge in [-0.1, -0.05) is 6.07 Å². The molecule has 0 saturated heterocycles. The molecule has 0 aliphatic rings. The summed E-state index contributed by atoms with van der Waals surface area (Å²) in [7, 11) is -3.69. The molecule has 2 aromatic rings. The molecule has 1 N–H and O–H groups in total. The number of sulfone groups is 1. The minimum Gasteiger partial charge on any atom is -0.370 e. The zero-order valence-electron chi connectivity index (χ0n) is 11.3. The predicted octanol–water partition coefficient (Wildman–Crippen LogP) is 2.63. The summed E-state index contributed by atoms with van der Waals surface area (Å²) in [5, 5.41) is 16.8. The normalized spacial score (nSPS) is 12.9. The van der Waals surface area contributed by atoms with E-state index in [0.717, 1.165) is 11.3 Å². The van der Waals surface area contributed by atoms with E-state index in [1.54, 1.807) is 18.5 Å². The molecule has 1 unspecified atom stereocenters. The molecule has 0 aliphatic heterocycles. The second kappa shape index (κ2) is 5.78. The van der Waals surface area contributed by atoms with Gasteiger partial charge >= 0.3 is 5.69 Å². The van der Waals surface area contributed by atoms with E-state index in [1.807, 2.05) is 0 Å². The topological polar surface area (TPSA) is 102 Å². The number of hydrogen-bond donors (Lipinski definition) is 1. The zero-order valence-corrected chi connectivity index (χ0v) is 12.9. The number of nitrogens with zero attached hydrogens (tertiary/aromatic N) is 2. The fourth-order valence-electron chi connectivity index (χ4n) is 1.87. The lowest BCUT2D eigenvalue weighted by atomic mass is 10.2. The second-order valence-corrected chi connectivity index (χ2v) is 7.33. The molecule has 0 radical (unpaired) electrons. The van der Waals surface area contributed by atoms with Crippen LogP contribution in [0.3, 0.4) is 0 Å².